The molecule has 0 aliphatic heterocycles. The number of alkyl halides is 1. The summed E-state index contributed by atoms with van der Waals surface area (Å²) in [6.45, 7) is 8.18. The fourth-order valence-electron chi connectivity index (χ4n) is 2.23. The lowest BCUT2D eigenvalue weighted by Crippen LogP contribution is -2.12. The lowest BCUT2D eigenvalue weighted by Gasteiger charge is -2.08. The molecule has 0 bridgehead atoms. The maximum atomic E-state index is 12.0. The van der Waals surface area contributed by atoms with Crippen LogP contribution in [0.25, 0.3) is 0 Å². The Morgan fingerprint density at radius 2 is 2.05 bits per heavy atom. The molecule has 2 rings (SSSR count). The van der Waals surface area contributed by atoms with Crippen molar-refractivity contribution in [2.45, 2.75) is 39.6 Å². The first-order chi connectivity index (χ1) is 8.90. The Kier molecular flexibility index (Phi) is 3.85. The van der Waals surface area contributed by atoms with Crippen molar-refractivity contribution in [3.05, 3.63) is 46.7 Å². The molecule has 2 aromatic heterocycles. The highest BCUT2D eigenvalue weighted by molar-refractivity contribution is 6.33. The Labute approximate surface area is 118 Å². The molecule has 0 spiro atoms. The predicted molar refractivity (Wildman–Crippen MR) is 76.1 cm³/mol. The van der Waals surface area contributed by atoms with Gasteiger partial charge in [-0.2, -0.15) is 0 Å². The molecule has 0 amide bonds. The third-order valence-electron chi connectivity index (χ3n) is 3.31. The van der Waals surface area contributed by atoms with Crippen LogP contribution in [0.4, 0.5) is 0 Å². The number of furan rings is 1. The molecule has 3 nitrogen and oxygen atoms in total. The van der Waals surface area contributed by atoms with Gasteiger partial charge in [-0.15, -0.1) is 11.6 Å². The largest absolute Gasteiger partial charge is 0.464 e. The van der Waals surface area contributed by atoms with Gasteiger partial charge in [-0.05, 0) is 45.9 Å². The molecule has 1 atom stereocenters. The van der Waals surface area contributed by atoms with E-state index in [9.17, 15) is 4.79 Å². The van der Waals surface area contributed by atoms with E-state index >= 15 is 0 Å². The van der Waals surface area contributed by atoms with Crippen molar-refractivity contribution in [1.29, 1.82) is 0 Å². The maximum absolute atomic E-state index is 12.0. The number of hydrogen-bond donors (Lipinski definition) is 0. The van der Waals surface area contributed by atoms with Crippen molar-refractivity contribution >= 4 is 17.4 Å². The van der Waals surface area contributed by atoms with E-state index in [4.69, 9.17) is 16.0 Å². The Morgan fingerprint density at radius 3 is 2.58 bits per heavy atom. The number of nitrogens with zero attached hydrogens (tertiary/aromatic N) is 1. The highest BCUT2D eigenvalue weighted by atomic mass is 35.5. The van der Waals surface area contributed by atoms with Crippen molar-refractivity contribution in [3.63, 3.8) is 0 Å². The van der Waals surface area contributed by atoms with Crippen LogP contribution in [0.3, 0.4) is 0 Å². The van der Waals surface area contributed by atoms with Gasteiger partial charge in [0.1, 0.15) is 11.5 Å². The topological polar surface area (TPSA) is 35.1 Å². The molecule has 0 aliphatic rings. The third kappa shape index (κ3) is 2.76. The summed E-state index contributed by atoms with van der Waals surface area (Å²) in [5, 5.41) is -0.500. The van der Waals surface area contributed by atoms with E-state index in [0.717, 1.165) is 22.9 Å². The van der Waals surface area contributed by atoms with Crippen LogP contribution in [0, 0.1) is 20.8 Å². The van der Waals surface area contributed by atoms with Crippen LogP contribution in [0.5, 0.6) is 0 Å². The molecule has 2 heterocycles. The van der Waals surface area contributed by atoms with Crippen molar-refractivity contribution in [2.24, 2.45) is 0 Å². The minimum Gasteiger partial charge on any atom is -0.464 e. The Balaban J connectivity index is 2.34. The summed E-state index contributed by atoms with van der Waals surface area (Å²) in [5.74, 6) is 1.75. The summed E-state index contributed by atoms with van der Waals surface area (Å²) in [6, 6.07) is 5.79. The number of aromatic nitrogens is 1. The maximum Gasteiger partial charge on any atom is 0.182 e. The second-order valence-electron chi connectivity index (χ2n) is 4.86. The van der Waals surface area contributed by atoms with Gasteiger partial charge in [0, 0.05) is 17.0 Å². The summed E-state index contributed by atoms with van der Waals surface area (Å²) in [6.07, 6.45) is 0. The molecule has 2 aromatic rings. The van der Waals surface area contributed by atoms with Crippen molar-refractivity contribution in [3.8, 4) is 0 Å². The van der Waals surface area contributed by atoms with Gasteiger partial charge in [0.15, 0.2) is 5.78 Å². The van der Waals surface area contributed by atoms with E-state index in [2.05, 4.69) is 4.57 Å². The first-order valence-corrected chi connectivity index (χ1v) is 6.74. The molecular weight excluding hydrogens is 262 g/mol. The van der Waals surface area contributed by atoms with Crippen LogP contribution < -0.4 is 0 Å². The quantitative estimate of drug-likeness (QED) is 0.629. The van der Waals surface area contributed by atoms with Crippen molar-refractivity contribution < 1.29 is 9.21 Å². The van der Waals surface area contributed by atoms with Gasteiger partial charge in [-0.3, -0.25) is 4.79 Å². The van der Waals surface area contributed by atoms with Crippen LogP contribution in [0.2, 0.25) is 0 Å². The molecule has 0 aliphatic carbocycles. The van der Waals surface area contributed by atoms with Gasteiger partial charge in [-0.25, -0.2) is 0 Å². The molecular formula is C15H18ClNO2. The van der Waals surface area contributed by atoms with Gasteiger partial charge in [0.2, 0.25) is 0 Å². The number of aryl methyl sites for hydroxylation is 2. The van der Waals surface area contributed by atoms with Crippen LogP contribution in [-0.2, 0) is 6.54 Å². The number of hydrogen-bond acceptors (Lipinski definition) is 2. The van der Waals surface area contributed by atoms with E-state index in [0.29, 0.717) is 12.1 Å². The standard InChI is InChI=1S/C15H18ClNO2/c1-9-7-14(15(18)11(3)16)12(4)17(9)8-13-6-5-10(2)19-13/h5-7,11H,8H2,1-4H3. The molecule has 1 unspecified atom stereocenters. The van der Waals surface area contributed by atoms with E-state index in [1.165, 1.54) is 0 Å². The minimum absolute atomic E-state index is 0.0309. The van der Waals surface area contributed by atoms with Gasteiger partial charge in [0.05, 0.1) is 11.9 Å². The first-order valence-electron chi connectivity index (χ1n) is 6.30. The number of rotatable bonds is 4. The zero-order valence-electron chi connectivity index (χ0n) is 11.7. The van der Waals surface area contributed by atoms with Crippen LogP contribution in [0.15, 0.2) is 22.6 Å². The van der Waals surface area contributed by atoms with Gasteiger partial charge >= 0.3 is 0 Å². The first kappa shape index (κ1) is 13.9. The van der Waals surface area contributed by atoms with E-state index in [-0.39, 0.29) is 5.78 Å². The molecule has 0 radical (unpaired) electrons. The molecule has 0 N–H and O–H groups in total. The number of carbonyl (C=O) groups excluding carboxylic acids is 1. The molecule has 4 heteroatoms. The van der Waals surface area contributed by atoms with E-state index in [1.54, 1.807) is 6.92 Å². The number of Topliss-reactive ketones (excluding diaryl/α,β-unsaturated/α-hetero) is 1. The fourth-order valence-corrected chi connectivity index (χ4v) is 2.35. The average Bonchev–Trinajstić information content (AvgIpc) is 2.87. The zero-order chi connectivity index (χ0) is 14.2. The molecule has 102 valence electrons. The minimum atomic E-state index is -0.500. The number of carbonyl (C=O) groups is 1. The lowest BCUT2D eigenvalue weighted by atomic mass is 10.1. The highest BCUT2D eigenvalue weighted by Crippen LogP contribution is 2.20. The number of halogens is 1. The molecule has 0 fully saturated rings. The smallest absolute Gasteiger partial charge is 0.182 e. The molecule has 0 aromatic carbocycles. The monoisotopic (exact) mass is 279 g/mol. The van der Waals surface area contributed by atoms with Crippen LogP contribution >= 0.6 is 11.6 Å². The highest BCUT2D eigenvalue weighted by Gasteiger charge is 2.19. The van der Waals surface area contributed by atoms with Crippen molar-refractivity contribution in [1.82, 2.24) is 4.57 Å². The van der Waals surface area contributed by atoms with Crippen LogP contribution in [0.1, 0.15) is 40.2 Å². The van der Waals surface area contributed by atoms with E-state index in [1.807, 2.05) is 39.0 Å². The fraction of sp³-hybridized carbons (Fsp3) is 0.400. The van der Waals surface area contributed by atoms with Gasteiger partial charge in [-0.1, -0.05) is 0 Å². The van der Waals surface area contributed by atoms with Crippen LogP contribution in [-0.4, -0.2) is 15.7 Å². The SMILES string of the molecule is Cc1ccc(Cn2c(C)cc(C(=O)C(C)Cl)c2C)o1. The van der Waals surface area contributed by atoms with Gasteiger partial charge in [0.25, 0.3) is 0 Å². The predicted octanol–water partition coefficient (Wildman–Crippen LogP) is 3.86. The molecule has 19 heavy (non-hydrogen) atoms. The normalized spacial score (nSPS) is 12.7. The Morgan fingerprint density at radius 1 is 1.37 bits per heavy atom. The van der Waals surface area contributed by atoms with Crippen molar-refractivity contribution in [2.75, 3.05) is 0 Å². The summed E-state index contributed by atoms with van der Waals surface area (Å²) in [5.41, 5.74) is 2.67. The summed E-state index contributed by atoms with van der Waals surface area (Å²) in [4.78, 5) is 12.0. The second kappa shape index (κ2) is 5.25. The second-order valence-corrected chi connectivity index (χ2v) is 5.52. The van der Waals surface area contributed by atoms with E-state index < -0.39 is 5.38 Å². The zero-order valence-corrected chi connectivity index (χ0v) is 12.4. The Bertz CT molecular complexity index is 608. The molecule has 0 saturated carbocycles. The summed E-state index contributed by atoms with van der Waals surface area (Å²) >= 11 is 5.88. The Hall–Kier alpha value is -1.48. The molecule has 0 saturated heterocycles. The number of ketones is 1. The third-order valence-corrected chi connectivity index (χ3v) is 3.51. The average molecular weight is 280 g/mol. The van der Waals surface area contributed by atoms with Gasteiger partial charge < -0.3 is 8.98 Å². The summed E-state index contributed by atoms with van der Waals surface area (Å²) in [7, 11) is 0. The lowest BCUT2D eigenvalue weighted by molar-refractivity contribution is 0.0991. The summed E-state index contributed by atoms with van der Waals surface area (Å²) < 4.78 is 7.66.